The van der Waals surface area contributed by atoms with Crippen LogP contribution in [0.2, 0.25) is 0 Å². The number of carbonyl (C=O) groups is 2. The van der Waals surface area contributed by atoms with Gasteiger partial charge in [-0.25, -0.2) is 4.79 Å². The highest BCUT2D eigenvalue weighted by Gasteiger charge is 2.58. The molecule has 0 bridgehead atoms. The van der Waals surface area contributed by atoms with Gasteiger partial charge in [-0.3, -0.25) is 4.79 Å². The minimum absolute atomic E-state index is 0.0183. The van der Waals surface area contributed by atoms with E-state index in [4.69, 9.17) is 4.74 Å². The van der Waals surface area contributed by atoms with Gasteiger partial charge in [-0.15, -0.1) is 0 Å². The lowest BCUT2D eigenvalue weighted by Crippen LogP contribution is -2.55. The molecule has 2 aromatic rings. The van der Waals surface area contributed by atoms with Crippen LogP contribution >= 0.6 is 0 Å². The van der Waals surface area contributed by atoms with Gasteiger partial charge in [0.25, 0.3) is 0 Å². The molecule has 4 rings (SSSR count). The highest BCUT2D eigenvalue weighted by Crippen LogP contribution is 2.60. The number of ketones is 1. The highest BCUT2D eigenvalue weighted by atomic mass is 16.5. The summed E-state index contributed by atoms with van der Waals surface area (Å²) in [5, 5.41) is 80.6. The molecule has 2 aromatic carbocycles. The molecule has 1 saturated heterocycles. The number of phenols is 6. The third-order valence-electron chi connectivity index (χ3n) is 7.50. The molecular weight excluding hydrogens is 486 g/mol. The molecule has 0 saturated carbocycles. The second-order valence-electron chi connectivity index (χ2n) is 10.1. The van der Waals surface area contributed by atoms with Crippen molar-refractivity contribution in [1.82, 2.24) is 0 Å². The first-order valence-electron chi connectivity index (χ1n) is 11.3. The van der Waals surface area contributed by atoms with Gasteiger partial charge in [0.15, 0.2) is 34.5 Å². The van der Waals surface area contributed by atoms with E-state index in [2.05, 4.69) is 0 Å². The van der Waals surface area contributed by atoms with E-state index in [1.54, 1.807) is 20.8 Å². The van der Waals surface area contributed by atoms with E-state index < -0.39 is 80.8 Å². The zero-order valence-electron chi connectivity index (χ0n) is 20.1. The van der Waals surface area contributed by atoms with Crippen molar-refractivity contribution in [2.45, 2.75) is 44.8 Å². The number of rotatable bonds is 3. The van der Waals surface area contributed by atoms with Gasteiger partial charge in [0.2, 0.25) is 5.75 Å². The number of hydrogen-bond acceptors (Lipinski definition) is 10. The number of hydrogen-bond donors (Lipinski definition) is 7. The van der Waals surface area contributed by atoms with Crippen molar-refractivity contribution in [2.24, 2.45) is 11.3 Å². The van der Waals surface area contributed by atoms with Crippen LogP contribution in [0.4, 0.5) is 0 Å². The molecular formula is C26H25NO10. The third-order valence-corrected chi connectivity index (χ3v) is 7.50. The van der Waals surface area contributed by atoms with Crippen LogP contribution in [0.25, 0.3) is 0 Å². The quantitative estimate of drug-likeness (QED) is 0.297. The number of fused-ring (bicyclic) bond motifs is 1. The van der Waals surface area contributed by atoms with Gasteiger partial charge in [0.1, 0.15) is 6.07 Å². The predicted octanol–water partition coefficient (Wildman–Crippen LogP) is 3.30. The molecule has 1 heterocycles. The van der Waals surface area contributed by atoms with Crippen LogP contribution in [-0.4, -0.2) is 53.1 Å². The van der Waals surface area contributed by atoms with E-state index in [9.17, 15) is 50.6 Å². The Morgan fingerprint density at radius 1 is 0.973 bits per heavy atom. The summed E-state index contributed by atoms with van der Waals surface area (Å²) in [7, 11) is 0. The summed E-state index contributed by atoms with van der Waals surface area (Å²) in [6.07, 6.45) is 0.128. The number of nitriles is 1. The Morgan fingerprint density at radius 3 is 2.08 bits per heavy atom. The molecule has 0 aromatic heterocycles. The summed E-state index contributed by atoms with van der Waals surface area (Å²) in [6, 6.07) is 4.82. The molecule has 1 aliphatic heterocycles. The van der Waals surface area contributed by atoms with Crippen LogP contribution in [0.3, 0.4) is 0 Å². The van der Waals surface area contributed by atoms with Gasteiger partial charge in [-0.2, -0.15) is 5.26 Å². The standard InChI is InChI=1S/C26H25NO10/c1-25(2)17-7-12(18-13(24(35)36)6-16(30)20(32)21(18)33)22(10-4-14(28)19(31)15(29)5-10)37-26(17,3)8-11(9-27)23(25)34/h4-6,8,12,17,22,28-33H,7H2,1-3H3,(H,35,36)/t12-,17?,22+,26?/m1/s1. The normalized spacial score (nSPS) is 26.6. The Balaban J connectivity index is 2.03. The van der Waals surface area contributed by atoms with Crippen molar-refractivity contribution in [3.63, 3.8) is 0 Å². The van der Waals surface area contributed by atoms with Crippen LogP contribution in [-0.2, 0) is 9.53 Å². The van der Waals surface area contributed by atoms with E-state index in [1.165, 1.54) is 6.08 Å². The van der Waals surface area contributed by atoms with Crippen molar-refractivity contribution in [2.75, 3.05) is 0 Å². The molecule has 7 N–H and O–H groups in total. The van der Waals surface area contributed by atoms with Gasteiger partial charge >= 0.3 is 5.97 Å². The second-order valence-corrected chi connectivity index (χ2v) is 10.1. The van der Waals surface area contributed by atoms with Crippen LogP contribution in [0, 0.1) is 22.7 Å². The van der Waals surface area contributed by atoms with Crippen molar-refractivity contribution in [1.29, 1.82) is 5.26 Å². The summed E-state index contributed by atoms with van der Waals surface area (Å²) >= 11 is 0. The molecule has 37 heavy (non-hydrogen) atoms. The number of aromatic hydroxyl groups is 6. The summed E-state index contributed by atoms with van der Waals surface area (Å²) in [6.45, 7) is 4.88. The van der Waals surface area contributed by atoms with Gasteiger partial charge in [0.05, 0.1) is 22.8 Å². The van der Waals surface area contributed by atoms with Crippen LogP contribution in [0.15, 0.2) is 29.8 Å². The molecule has 0 amide bonds. The average molecular weight is 511 g/mol. The first kappa shape index (κ1) is 25.7. The van der Waals surface area contributed by atoms with Gasteiger partial charge in [-0.1, -0.05) is 13.8 Å². The molecule has 0 spiro atoms. The number of carboxylic acids is 1. The van der Waals surface area contributed by atoms with Crippen LogP contribution < -0.4 is 0 Å². The number of aromatic carboxylic acids is 1. The van der Waals surface area contributed by atoms with Gasteiger partial charge in [0, 0.05) is 22.8 Å². The minimum atomic E-state index is -1.53. The molecule has 1 aliphatic carbocycles. The minimum Gasteiger partial charge on any atom is -0.504 e. The Bertz CT molecular complexity index is 1400. The molecule has 0 radical (unpaired) electrons. The summed E-state index contributed by atoms with van der Waals surface area (Å²) in [4.78, 5) is 25.2. The Hall–Kier alpha value is -4.43. The Morgan fingerprint density at radius 2 is 1.54 bits per heavy atom. The number of benzene rings is 2. The zero-order chi connectivity index (χ0) is 27.6. The molecule has 1 fully saturated rings. The molecule has 11 heteroatoms. The van der Waals surface area contributed by atoms with Crippen molar-refractivity contribution >= 4 is 11.8 Å². The maximum absolute atomic E-state index is 13.1. The van der Waals surface area contributed by atoms with Gasteiger partial charge in [-0.05, 0) is 43.2 Å². The molecule has 2 aliphatic rings. The van der Waals surface area contributed by atoms with Crippen LogP contribution in [0.5, 0.6) is 34.5 Å². The summed E-state index contributed by atoms with van der Waals surface area (Å²) in [5.41, 5.74) is -3.36. The fourth-order valence-electron chi connectivity index (χ4n) is 5.71. The van der Waals surface area contributed by atoms with E-state index >= 15 is 0 Å². The molecule has 194 valence electrons. The van der Waals surface area contributed by atoms with E-state index in [1.807, 2.05) is 6.07 Å². The smallest absolute Gasteiger partial charge is 0.336 e. The Labute approximate surface area is 210 Å². The predicted molar refractivity (Wildman–Crippen MR) is 125 cm³/mol. The monoisotopic (exact) mass is 511 g/mol. The van der Waals surface area contributed by atoms with Crippen LogP contribution in [0.1, 0.15) is 60.7 Å². The first-order valence-corrected chi connectivity index (χ1v) is 11.3. The highest BCUT2D eigenvalue weighted by molar-refractivity contribution is 6.04. The topological polar surface area (TPSA) is 209 Å². The van der Waals surface area contributed by atoms with E-state index in [0.717, 1.165) is 18.2 Å². The molecule has 4 atom stereocenters. The summed E-state index contributed by atoms with van der Waals surface area (Å²) in [5.74, 6) is -8.70. The number of phenolic OH excluding ortho intramolecular Hbond substituents is 6. The lowest BCUT2D eigenvalue weighted by atomic mass is 9.57. The molecule has 2 unspecified atom stereocenters. The lowest BCUT2D eigenvalue weighted by Gasteiger charge is -2.54. The zero-order valence-corrected chi connectivity index (χ0v) is 20.1. The van der Waals surface area contributed by atoms with E-state index in [-0.39, 0.29) is 23.1 Å². The number of carbonyl (C=O) groups excluding carboxylic acids is 1. The average Bonchev–Trinajstić information content (AvgIpc) is 2.82. The third kappa shape index (κ3) is 3.77. The van der Waals surface area contributed by atoms with Crippen molar-refractivity contribution in [3.8, 4) is 40.6 Å². The number of nitrogens with zero attached hydrogens (tertiary/aromatic N) is 1. The largest absolute Gasteiger partial charge is 0.504 e. The summed E-state index contributed by atoms with van der Waals surface area (Å²) < 4.78 is 6.42. The SMILES string of the molecule is CC12C=C(C#N)C(=O)C(C)(C)C1C[C@H](c1c(C(=O)O)cc(O)c(O)c1O)[C@H](c1cc(O)c(O)c(O)c1)O2. The number of carboxylic acid groups (broad SMARTS) is 1. The fourth-order valence-corrected chi connectivity index (χ4v) is 5.71. The van der Waals surface area contributed by atoms with Crippen molar-refractivity contribution < 1.29 is 50.1 Å². The first-order chi connectivity index (χ1) is 17.1. The maximum Gasteiger partial charge on any atom is 0.336 e. The molecule has 11 nitrogen and oxygen atoms in total. The number of ether oxygens (including phenoxy) is 1. The Kier molecular flexibility index (Phi) is 5.77. The second kappa shape index (κ2) is 8.31. The van der Waals surface area contributed by atoms with Gasteiger partial charge < -0.3 is 40.5 Å². The van der Waals surface area contributed by atoms with E-state index in [0.29, 0.717) is 0 Å². The number of allylic oxidation sites excluding steroid dienone is 1. The van der Waals surface area contributed by atoms with Crippen molar-refractivity contribution in [3.05, 3.63) is 46.5 Å². The lowest BCUT2D eigenvalue weighted by molar-refractivity contribution is -0.175. The fraction of sp³-hybridized carbons (Fsp3) is 0.346. The number of Topliss-reactive ketones (excluding diaryl/α,β-unsaturated/α-hetero) is 1. The maximum atomic E-state index is 13.1.